The monoisotopic (exact) mass is 401 g/mol. The van der Waals surface area contributed by atoms with E-state index in [9.17, 15) is 4.39 Å². The molecule has 0 saturated carbocycles. The molecule has 28 heavy (non-hydrogen) atoms. The van der Waals surface area contributed by atoms with E-state index in [0.29, 0.717) is 22.0 Å². The van der Waals surface area contributed by atoms with Gasteiger partial charge in [-0.1, -0.05) is 0 Å². The van der Waals surface area contributed by atoms with E-state index in [4.69, 9.17) is 14.2 Å². The second-order valence-electron chi connectivity index (χ2n) is 5.65. The Balaban J connectivity index is 2.06. The summed E-state index contributed by atoms with van der Waals surface area (Å²) >= 11 is 1.45. The Bertz CT molecular complexity index is 1030. The number of thiazole rings is 1. The first-order chi connectivity index (χ1) is 13.6. The fourth-order valence-corrected chi connectivity index (χ4v) is 3.49. The van der Waals surface area contributed by atoms with Crippen LogP contribution in [0.3, 0.4) is 0 Å². The highest BCUT2D eigenvalue weighted by Gasteiger charge is 2.13. The van der Waals surface area contributed by atoms with Crippen molar-refractivity contribution in [2.75, 3.05) is 28.4 Å². The number of hydrogen-bond acceptors (Lipinski definition) is 6. The van der Waals surface area contributed by atoms with Crippen molar-refractivity contribution in [2.45, 2.75) is 0 Å². The van der Waals surface area contributed by atoms with Gasteiger partial charge in [0.1, 0.15) is 5.82 Å². The van der Waals surface area contributed by atoms with Gasteiger partial charge in [-0.15, -0.1) is 11.3 Å². The van der Waals surface area contributed by atoms with E-state index in [1.807, 2.05) is 5.38 Å². The highest BCUT2D eigenvalue weighted by atomic mass is 32.1. The van der Waals surface area contributed by atoms with Crippen LogP contribution >= 0.6 is 11.3 Å². The van der Waals surface area contributed by atoms with E-state index in [0.717, 1.165) is 16.8 Å². The van der Waals surface area contributed by atoms with Gasteiger partial charge in [-0.05, 0) is 36.4 Å². The predicted molar refractivity (Wildman–Crippen MR) is 108 cm³/mol. The molecule has 146 valence electrons. The van der Waals surface area contributed by atoms with Gasteiger partial charge in [-0.25, -0.2) is 9.07 Å². The van der Waals surface area contributed by atoms with Crippen molar-refractivity contribution < 1.29 is 18.6 Å². The van der Waals surface area contributed by atoms with E-state index in [-0.39, 0.29) is 5.82 Å². The largest absolute Gasteiger partial charge is 0.493 e. The number of aromatic nitrogens is 1. The van der Waals surface area contributed by atoms with Crippen molar-refractivity contribution in [3.63, 3.8) is 0 Å². The van der Waals surface area contributed by atoms with Crippen LogP contribution in [0.5, 0.6) is 17.2 Å². The maximum Gasteiger partial charge on any atom is 0.205 e. The number of rotatable bonds is 6. The topological polar surface area (TPSA) is 57.3 Å². The third-order valence-electron chi connectivity index (χ3n) is 4.03. The number of hydrogen-bond donors (Lipinski definition) is 0. The van der Waals surface area contributed by atoms with Crippen LogP contribution < -0.4 is 19.0 Å². The van der Waals surface area contributed by atoms with Gasteiger partial charge in [0, 0.05) is 23.6 Å². The number of nitrogens with zero attached hydrogens (tertiary/aromatic N) is 3. The second-order valence-corrected chi connectivity index (χ2v) is 6.49. The number of methoxy groups -OCH3 is 3. The molecule has 0 aliphatic carbocycles. The molecule has 1 aromatic heterocycles. The van der Waals surface area contributed by atoms with Crippen LogP contribution in [0.15, 0.2) is 51.9 Å². The van der Waals surface area contributed by atoms with Gasteiger partial charge in [0.2, 0.25) is 10.6 Å². The minimum Gasteiger partial charge on any atom is -0.493 e. The Kier molecular flexibility index (Phi) is 6.10. The molecule has 0 spiro atoms. The van der Waals surface area contributed by atoms with Crippen molar-refractivity contribution in [3.8, 4) is 28.5 Å². The molecule has 1 heterocycles. The molecule has 0 unspecified atom stereocenters. The summed E-state index contributed by atoms with van der Waals surface area (Å²) in [7, 11) is 6.38. The summed E-state index contributed by atoms with van der Waals surface area (Å²) in [4.78, 5) is 4.98. The molecule has 0 radical (unpaired) electrons. The second kappa shape index (κ2) is 8.71. The van der Waals surface area contributed by atoms with E-state index in [1.165, 1.54) is 23.5 Å². The van der Waals surface area contributed by atoms with Gasteiger partial charge < -0.3 is 14.2 Å². The lowest BCUT2D eigenvalue weighted by atomic mass is 10.2. The van der Waals surface area contributed by atoms with Crippen molar-refractivity contribution >= 4 is 17.6 Å². The summed E-state index contributed by atoms with van der Waals surface area (Å²) in [6, 6.07) is 9.87. The fraction of sp³-hybridized carbons (Fsp3) is 0.200. The zero-order valence-corrected chi connectivity index (χ0v) is 16.8. The Morgan fingerprint density at radius 3 is 2.18 bits per heavy atom. The molecule has 6 nitrogen and oxygen atoms in total. The Morgan fingerprint density at radius 1 is 1.00 bits per heavy atom. The number of halogens is 1. The van der Waals surface area contributed by atoms with Crippen molar-refractivity contribution in [1.29, 1.82) is 0 Å². The zero-order chi connectivity index (χ0) is 20.1. The summed E-state index contributed by atoms with van der Waals surface area (Å²) in [5, 5.41) is 6.51. The zero-order valence-electron chi connectivity index (χ0n) is 16.0. The minimum atomic E-state index is -0.285. The van der Waals surface area contributed by atoms with Gasteiger partial charge >= 0.3 is 0 Å². The van der Waals surface area contributed by atoms with Gasteiger partial charge in [0.15, 0.2) is 11.5 Å². The lowest BCUT2D eigenvalue weighted by Crippen LogP contribution is -2.11. The average molecular weight is 401 g/mol. The smallest absolute Gasteiger partial charge is 0.205 e. The van der Waals surface area contributed by atoms with E-state index < -0.39 is 0 Å². The summed E-state index contributed by atoms with van der Waals surface area (Å²) in [5.41, 5.74) is 2.42. The van der Waals surface area contributed by atoms with Crippen molar-refractivity contribution in [3.05, 3.63) is 58.0 Å². The Hall–Kier alpha value is -3.13. The molecule has 0 amide bonds. The summed E-state index contributed by atoms with van der Waals surface area (Å²) in [5.74, 6) is 1.31. The molecule has 0 saturated heterocycles. The molecule has 0 atom stereocenters. The number of ether oxygens (including phenoxy) is 3. The van der Waals surface area contributed by atoms with E-state index >= 15 is 0 Å². The molecule has 0 aliphatic rings. The summed E-state index contributed by atoms with van der Waals surface area (Å²) < 4.78 is 31.1. The third-order valence-corrected chi connectivity index (χ3v) is 4.93. The third kappa shape index (κ3) is 3.91. The first-order valence-corrected chi connectivity index (χ1v) is 9.23. The van der Waals surface area contributed by atoms with Crippen LogP contribution in [-0.2, 0) is 0 Å². The maximum absolute atomic E-state index is 13.3. The van der Waals surface area contributed by atoms with E-state index in [1.54, 1.807) is 63.5 Å². The Labute approximate surface area is 166 Å². The predicted octanol–water partition coefficient (Wildman–Crippen LogP) is 3.79. The SMILES string of the molecule is CN=c1scc(-c2ccc(F)cc2)n1N=Cc1cc(OC)c(OC)c(OC)c1. The molecular weight excluding hydrogens is 381 g/mol. The minimum absolute atomic E-state index is 0.285. The molecule has 0 N–H and O–H groups in total. The van der Waals surface area contributed by atoms with Crippen LogP contribution in [-0.4, -0.2) is 39.3 Å². The fourth-order valence-electron chi connectivity index (χ4n) is 2.68. The van der Waals surface area contributed by atoms with Crippen LogP contribution in [0.2, 0.25) is 0 Å². The molecule has 0 fully saturated rings. The molecule has 0 bridgehead atoms. The molecule has 0 aliphatic heterocycles. The molecular formula is C20H20FN3O3S. The summed E-state index contributed by atoms with van der Waals surface area (Å²) in [6.45, 7) is 0. The first-order valence-electron chi connectivity index (χ1n) is 8.35. The molecule has 3 aromatic rings. The molecule has 2 aromatic carbocycles. The van der Waals surface area contributed by atoms with E-state index in [2.05, 4.69) is 10.1 Å². The molecule has 8 heteroatoms. The molecule has 3 rings (SSSR count). The quantitative estimate of drug-likeness (QED) is 0.591. The van der Waals surface area contributed by atoms with Gasteiger partial charge in [0.25, 0.3) is 0 Å². The van der Waals surface area contributed by atoms with Crippen LogP contribution in [0.1, 0.15) is 5.56 Å². The highest BCUT2D eigenvalue weighted by molar-refractivity contribution is 7.07. The lowest BCUT2D eigenvalue weighted by Gasteiger charge is -2.12. The first kappa shape index (κ1) is 19.6. The normalized spacial score (nSPS) is 11.8. The Morgan fingerprint density at radius 2 is 1.64 bits per heavy atom. The standard InChI is InChI=1S/C20H20FN3O3S/c1-22-20-24(16(12-28-20)14-5-7-15(21)8-6-14)23-11-13-9-17(25-2)19(27-4)18(10-13)26-3/h5-12H,1-4H3. The van der Waals surface area contributed by atoms with Crippen LogP contribution in [0.25, 0.3) is 11.3 Å². The number of benzene rings is 2. The highest BCUT2D eigenvalue weighted by Crippen LogP contribution is 2.37. The van der Waals surface area contributed by atoms with Crippen molar-refractivity contribution in [2.24, 2.45) is 10.1 Å². The van der Waals surface area contributed by atoms with Gasteiger partial charge in [0.05, 0.1) is 33.2 Å². The van der Waals surface area contributed by atoms with Crippen LogP contribution in [0.4, 0.5) is 4.39 Å². The van der Waals surface area contributed by atoms with Crippen molar-refractivity contribution in [1.82, 2.24) is 4.68 Å². The summed E-state index contributed by atoms with van der Waals surface area (Å²) in [6.07, 6.45) is 1.68. The van der Waals surface area contributed by atoms with Gasteiger partial charge in [-0.3, -0.25) is 4.99 Å². The lowest BCUT2D eigenvalue weighted by molar-refractivity contribution is 0.324. The average Bonchev–Trinajstić information content (AvgIpc) is 3.14. The van der Waals surface area contributed by atoms with Crippen LogP contribution in [0, 0.1) is 5.82 Å². The maximum atomic E-state index is 13.3. The van der Waals surface area contributed by atoms with Gasteiger partial charge in [-0.2, -0.15) is 5.10 Å².